The van der Waals surface area contributed by atoms with E-state index >= 15 is 0 Å². The SMILES string of the molecule is COc1ccc(F)cc1-c1ccc(S(=O)(=O)c2cccc(F)c2)c(F)c1. The molecule has 0 atom stereocenters. The minimum absolute atomic E-state index is 0.247. The molecular weight excluding hydrogens is 365 g/mol. The van der Waals surface area contributed by atoms with Gasteiger partial charge in [0.2, 0.25) is 9.84 Å². The second-order valence-corrected chi connectivity index (χ2v) is 7.37. The minimum atomic E-state index is -4.24. The fourth-order valence-corrected chi connectivity index (χ4v) is 3.90. The van der Waals surface area contributed by atoms with Crippen molar-refractivity contribution in [3.8, 4) is 16.9 Å². The Bertz CT molecular complexity index is 1080. The Morgan fingerprint density at radius 3 is 2.23 bits per heavy atom. The van der Waals surface area contributed by atoms with Crippen LogP contribution in [0.4, 0.5) is 13.2 Å². The Labute approximate surface area is 148 Å². The van der Waals surface area contributed by atoms with Crippen molar-refractivity contribution in [2.24, 2.45) is 0 Å². The zero-order valence-corrected chi connectivity index (χ0v) is 14.4. The molecule has 0 heterocycles. The van der Waals surface area contributed by atoms with E-state index in [9.17, 15) is 21.6 Å². The van der Waals surface area contributed by atoms with Gasteiger partial charge in [-0.25, -0.2) is 21.6 Å². The summed E-state index contributed by atoms with van der Waals surface area (Å²) >= 11 is 0. The number of hydrogen-bond donors (Lipinski definition) is 0. The largest absolute Gasteiger partial charge is 0.496 e. The Morgan fingerprint density at radius 2 is 1.58 bits per heavy atom. The number of ether oxygens (including phenoxy) is 1. The van der Waals surface area contributed by atoms with Crippen molar-refractivity contribution in [1.29, 1.82) is 0 Å². The molecule has 0 amide bonds. The highest BCUT2D eigenvalue weighted by Gasteiger charge is 2.23. The van der Waals surface area contributed by atoms with Crippen LogP contribution < -0.4 is 4.74 Å². The Hall–Kier alpha value is -2.80. The van der Waals surface area contributed by atoms with E-state index in [1.165, 1.54) is 37.4 Å². The lowest BCUT2D eigenvalue weighted by molar-refractivity contribution is 0.415. The number of rotatable bonds is 4. The summed E-state index contributed by atoms with van der Waals surface area (Å²) in [6, 6.07) is 11.4. The van der Waals surface area contributed by atoms with Crippen LogP contribution in [0.25, 0.3) is 11.1 Å². The first-order valence-corrected chi connectivity index (χ1v) is 8.95. The Kier molecular flexibility index (Phi) is 4.73. The standard InChI is InChI=1S/C19H13F3O3S/c1-25-18-7-6-14(21)11-16(18)12-5-8-19(17(22)9-12)26(23,24)15-4-2-3-13(20)10-15/h2-11H,1H3. The van der Waals surface area contributed by atoms with Crippen molar-refractivity contribution in [3.05, 3.63) is 78.1 Å². The van der Waals surface area contributed by atoms with Crippen LogP contribution in [0, 0.1) is 17.5 Å². The van der Waals surface area contributed by atoms with E-state index in [0.717, 1.165) is 30.3 Å². The Balaban J connectivity index is 2.10. The summed E-state index contributed by atoms with van der Waals surface area (Å²) in [7, 11) is -2.85. The van der Waals surface area contributed by atoms with Gasteiger partial charge >= 0.3 is 0 Å². The van der Waals surface area contributed by atoms with Crippen LogP contribution in [0.1, 0.15) is 0 Å². The van der Waals surface area contributed by atoms with E-state index in [2.05, 4.69) is 0 Å². The van der Waals surface area contributed by atoms with Crippen molar-refractivity contribution < 1.29 is 26.3 Å². The minimum Gasteiger partial charge on any atom is -0.496 e. The molecule has 0 saturated carbocycles. The summed E-state index contributed by atoms with van der Waals surface area (Å²) in [5.41, 5.74) is 0.526. The maximum absolute atomic E-state index is 14.5. The Morgan fingerprint density at radius 1 is 0.846 bits per heavy atom. The van der Waals surface area contributed by atoms with Gasteiger partial charge in [0.1, 0.15) is 28.1 Å². The van der Waals surface area contributed by atoms with Crippen molar-refractivity contribution in [2.45, 2.75) is 9.79 Å². The molecular formula is C19H13F3O3S. The molecule has 0 radical (unpaired) electrons. The quantitative estimate of drug-likeness (QED) is 0.666. The van der Waals surface area contributed by atoms with Gasteiger partial charge < -0.3 is 4.74 Å². The summed E-state index contributed by atoms with van der Waals surface area (Å²) < 4.78 is 71.6. The molecule has 0 N–H and O–H groups in total. The molecule has 26 heavy (non-hydrogen) atoms. The molecule has 134 valence electrons. The average Bonchev–Trinajstić information content (AvgIpc) is 2.61. The summed E-state index contributed by atoms with van der Waals surface area (Å²) in [6.45, 7) is 0. The molecule has 0 fully saturated rings. The molecule has 3 nitrogen and oxygen atoms in total. The molecule has 0 aromatic heterocycles. The van der Waals surface area contributed by atoms with Gasteiger partial charge in [0.05, 0.1) is 12.0 Å². The molecule has 0 aliphatic rings. The van der Waals surface area contributed by atoms with E-state index in [4.69, 9.17) is 4.74 Å². The zero-order valence-electron chi connectivity index (χ0n) is 13.5. The number of sulfone groups is 1. The van der Waals surface area contributed by atoms with Gasteiger partial charge in [0.15, 0.2) is 0 Å². The van der Waals surface area contributed by atoms with E-state index in [1.807, 2.05) is 0 Å². The van der Waals surface area contributed by atoms with Crippen molar-refractivity contribution in [2.75, 3.05) is 7.11 Å². The van der Waals surface area contributed by atoms with Gasteiger partial charge in [0.25, 0.3) is 0 Å². The molecule has 3 aromatic carbocycles. The van der Waals surface area contributed by atoms with Crippen molar-refractivity contribution in [3.63, 3.8) is 0 Å². The zero-order chi connectivity index (χ0) is 18.9. The lowest BCUT2D eigenvalue weighted by Crippen LogP contribution is -2.05. The van der Waals surface area contributed by atoms with E-state index in [0.29, 0.717) is 5.75 Å². The van der Waals surface area contributed by atoms with Crippen LogP contribution >= 0.6 is 0 Å². The summed E-state index contributed by atoms with van der Waals surface area (Å²) in [5, 5.41) is 0. The second-order valence-electron chi connectivity index (χ2n) is 5.45. The molecule has 0 unspecified atom stereocenters. The summed E-state index contributed by atoms with van der Waals surface area (Å²) in [5.74, 6) is -2.00. The predicted octanol–water partition coefficient (Wildman–Crippen LogP) is 4.61. The third-order valence-electron chi connectivity index (χ3n) is 3.80. The van der Waals surface area contributed by atoms with Gasteiger partial charge in [-0.1, -0.05) is 12.1 Å². The topological polar surface area (TPSA) is 43.4 Å². The van der Waals surface area contributed by atoms with Crippen LogP contribution in [-0.4, -0.2) is 15.5 Å². The lowest BCUT2D eigenvalue weighted by Gasteiger charge is -2.11. The van der Waals surface area contributed by atoms with Crippen molar-refractivity contribution >= 4 is 9.84 Å². The third-order valence-corrected chi connectivity index (χ3v) is 5.58. The van der Waals surface area contributed by atoms with Gasteiger partial charge in [-0.2, -0.15) is 0 Å². The van der Waals surface area contributed by atoms with E-state index < -0.39 is 32.2 Å². The number of halogens is 3. The fraction of sp³-hybridized carbons (Fsp3) is 0.0526. The van der Waals surface area contributed by atoms with Gasteiger partial charge in [-0.15, -0.1) is 0 Å². The van der Waals surface area contributed by atoms with Crippen LogP contribution in [0.5, 0.6) is 5.75 Å². The molecule has 3 aromatic rings. The first-order chi connectivity index (χ1) is 12.3. The average molecular weight is 378 g/mol. The second kappa shape index (κ2) is 6.84. The molecule has 0 spiro atoms. The third kappa shape index (κ3) is 3.30. The van der Waals surface area contributed by atoms with Crippen LogP contribution in [0.3, 0.4) is 0 Å². The molecule has 7 heteroatoms. The summed E-state index contributed by atoms with van der Waals surface area (Å²) in [6.07, 6.45) is 0. The number of hydrogen-bond acceptors (Lipinski definition) is 3. The first kappa shape index (κ1) is 18.0. The highest BCUT2D eigenvalue weighted by molar-refractivity contribution is 7.91. The highest BCUT2D eigenvalue weighted by Crippen LogP contribution is 2.33. The molecule has 0 aliphatic carbocycles. The fourth-order valence-electron chi connectivity index (χ4n) is 2.55. The van der Waals surface area contributed by atoms with Crippen LogP contribution in [0.2, 0.25) is 0 Å². The van der Waals surface area contributed by atoms with Crippen molar-refractivity contribution in [1.82, 2.24) is 0 Å². The lowest BCUT2D eigenvalue weighted by atomic mass is 10.0. The molecule has 0 bridgehead atoms. The maximum Gasteiger partial charge on any atom is 0.209 e. The highest BCUT2D eigenvalue weighted by atomic mass is 32.2. The van der Waals surface area contributed by atoms with Gasteiger partial charge in [0, 0.05) is 5.56 Å². The van der Waals surface area contributed by atoms with Gasteiger partial charge in [-0.3, -0.25) is 0 Å². The number of methoxy groups -OCH3 is 1. The van der Waals surface area contributed by atoms with Crippen LogP contribution in [0.15, 0.2) is 70.5 Å². The van der Waals surface area contributed by atoms with Gasteiger partial charge in [-0.05, 0) is 54.1 Å². The molecule has 3 rings (SSSR count). The maximum atomic E-state index is 14.5. The van der Waals surface area contributed by atoms with E-state index in [1.54, 1.807) is 0 Å². The van der Waals surface area contributed by atoms with E-state index in [-0.39, 0.29) is 16.0 Å². The smallest absolute Gasteiger partial charge is 0.209 e. The first-order valence-electron chi connectivity index (χ1n) is 7.47. The summed E-state index contributed by atoms with van der Waals surface area (Å²) in [4.78, 5) is -0.949. The normalized spacial score (nSPS) is 11.4. The molecule has 0 aliphatic heterocycles. The molecule has 0 saturated heterocycles. The number of benzene rings is 3. The monoisotopic (exact) mass is 378 g/mol. The predicted molar refractivity (Wildman–Crippen MR) is 90.2 cm³/mol. The van der Waals surface area contributed by atoms with Crippen LogP contribution in [-0.2, 0) is 9.84 Å².